The van der Waals surface area contributed by atoms with E-state index in [0.717, 1.165) is 24.9 Å². The van der Waals surface area contributed by atoms with E-state index >= 15 is 0 Å². The summed E-state index contributed by atoms with van der Waals surface area (Å²) in [6.45, 7) is 2.78. The van der Waals surface area contributed by atoms with E-state index in [1.807, 2.05) is 6.92 Å². The van der Waals surface area contributed by atoms with Crippen LogP contribution in [-0.4, -0.2) is 6.54 Å². The van der Waals surface area contributed by atoms with Gasteiger partial charge < -0.3 is 5.32 Å². The van der Waals surface area contributed by atoms with Crippen molar-refractivity contribution in [2.75, 3.05) is 6.54 Å². The summed E-state index contributed by atoms with van der Waals surface area (Å²) in [6, 6.07) is 5.52. The van der Waals surface area contributed by atoms with Crippen molar-refractivity contribution >= 4 is 0 Å². The molecule has 0 aliphatic heterocycles. The summed E-state index contributed by atoms with van der Waals surface area (Å²) in [7, 11) is 0. The van der Waals surface area contributed by atoms with Crippen molar-refractivity contribution < 1.29 is 13.2 Å². The topological polar surface area (TPSA) is 12.0 Å². The van der Waals surface area contributed by atoms with Gasteiger partial charge in [0.05, 0.1) is 5.56 Å². The Labute approximate surface area is 105 Å². The second kappa shape index (κ2) is 5.31. The minimum Gasteiger partial charge on any atom is -0.310 e. The van der Waals surface area contributed by atoms with Gasteiger partial charge in [-0.3, -0.25) is 0 Å². The lowest BCUT2D eigenvalue weighted by molar-refractivity contribution is -0.137. The zero-order chi connectivity index (χ0) is 13.2. The zero-order valence-electron chi connectivity index (χ0n) is 10.4. The maximum absolute atomic E-state index is 12.6. The van der Waals surface area contributed by atoms with Crippen molar-refractivity contribution in [2.24, 2.45) is 5.92 Å². The normalized spacial score (nSPS) is 17.8. The summed E-state index contributed by atoms with van der Waals surface area (Å²) >= 11 is 0. The van der Waals surface area contributed by atoms with Gasteiger partial charge in [-0.05, 0) is 43.5 Å². The molecule has 0 aromatic heterocycles. The van der Waals surface area contributed by atoms with E-state index < -0.39 is 11.7 Å². The van der Waals surface area contributed by atoms with Crippen molar-refractivity contribution in [3.8, 4) is 0 Å². The molecule has 1 N–H and O–H groups in total. The van der Waals surface area contributed by atoms with Gasteiger partial charge in [-0.1, -0.05) is 25.0 Å². The number of hydrogen-bond donors (Lipinski definition) is 1. The predicted octanol–water partition coefficient (Wildman–Crippen LogP) is 4.16. The van der Waals surface area contributed by atoms with Gasteiger partial charge in [-0.15, -0.1) is 0 Å². The molecule has 1 aromatic rings. The summed E-state index contributed by atoms with van der Waals surface area (Å²) in [5, 5.41) is 3.28. The van der Waals surface area contributed by atoms with Crippen molar-refractivity contribution in [1.29, 1.82) is 0 Å². The van der Waals surface area contributed by atoms with Crippen LogP contribution in [0, 0.1) is 5.92 Å². The molecule has 100 valence electrons. The molecule has 0 amide bonds. The Balaban J connectivity index is 1.93. The maximum atomic E-state index is 12.6. The van der Waals surface area contributed by atoms with E-state index in [0.29, 0.717) is 5.56 Å². The first-order chi connectivity index (χ1) is 8.47. The molecule has 0 radical (unpaired) electrons. The molecule has 1 nitrogen and oxygen atoms in total. The molecule has 0 spiro atoms. The lowest BCUT2D eigenvalue weighted by atomic mass is 10.0. The lowest BCUT2D eigenvalue weighted by Gasteiger charge is -2.16. The Morgan fingerprint density at radius 1 is 1.33 bits per heavy atom. The fourth-order valence-corrected chi connectivity index (χ4v) is 2.01. The molecule has 4 heteroatoms. The van der Waals surface area contributed by atoms with E-state index in [-0.39, 0.29) is 6.04 Å². The molecule has 1 saturated carbocycles. The Bertz CT molecular complexity index is 396. The molecule has 1 aliphatic rings. The van der Waals surface area contributed by atoms with Gasteiger partial charge in [0, 0.05) is 6.04 Å². The van der Waals surface area contributed by atoms with Crippen LogP contribution < -0.4 is 5.32 Å². The fraction of sp³-hybridized carbons (Fsp3) is 0.571. The maximum Gasteiger partial charge on any atom is 0.416 e. The Hall–Kier alpha value is -1.03. The van der Waals surface area contributed by atoms with Gasteiger partial charge in [0.2, 0.25) is 0 Å². The molecule has 1 atom stereocenters. The Kier molecular flexibility index (Phi) is 3.95. The summed E-state index contributed by atoms with van der Waals surface area (Å²) in [6.07, 6.45) is -0.522. The molecule has 1 aromatic carbocycles. The van der Waals surface area contributed by atoms with Crippen LogP contribution in [0.15, 0.2) is 24.3 Å². The SMILES string of the molecule is CC(NCCC1CC1)c1cccc(C(F)(F)F)c1. The summed E-state index contributed by atoms with van der Waals surface area (Å²) < 4.78 is 37.7. The number of rotatable bonds is 5. The van der Waals surface area contributed by atoms with Crippen LogP contribution >= 0.6 is 0 Å². The summed E-state index contributed by atoms with van der Waals surface area (Å²) in [4.78, 5) is 0. The molecule has 1 aliphatic carbocycles. The lowest BCUT2D eigenvalue weighted by Crippen LogP contribution is -2.20. The van der Waals surface area contributed by atoms with E-state index in [9.17, 15) is 13.2 Å². The second-order valence-corrected chi connectivity index (χ2v) is 5.03. The molecule has 2 rings (SSSR count). The third-order valence-corrected chi connectivity index (χ3v) is 3.41. The van der Waals surface area contributed by atoms with Crippen molar-refractivity contribution in [3.05, 3.63) is 35.4 Å². The molecule has 18 heavy (non-hydrogen) atoms. The van der Waals surface area contributed by atoms with Crippen LogP contribution in [0.3, 0.4) is 0 Å². The predicted molar refractivity (Wildman–Crippen MR) is 65.2 cm³/mol. The van der Waals surface area contributed by atoms with Gasteiger partial charge in [0.25, 0.3) is 0 Å². The highest BCUT2D eigenvalue weighted by Crippen LogP contribution is 2.32. The van der Waals surface area contributed by atoms with E-state index in [2.05, 4.69) is 5.32 Å². The second-order valence-electron chi connectivity index (χ2n) is 5.03. The number of nitrogens with one attached hydrogen (secondary N) is 1. The van der Waals surface area contributed by atoms with Crippen LogP contribution in [0.2, 0.25) is 0 Å². The van der Waals surface area contributed by atoms with Crippen molar-refractivity contribution in [1.82, 2.24) is 5.32 Å². The molecule has 0 saturated heterocycles. The number of halogens is 3. The Morgan fingerprint density at radius 2 is 2.06 bits per heavy atom. The molecular weight excluding hydrogens is 239 g/mol. The van der Waals surface area contributed by atoms with E-state index in [1.54, 1.807) is 6.07 Å². The van der Waals surface area contributed by atoms with Crippen LogP contribution in [0.5, 0.6) is 0 Å². The highest BCUT2D eigenvalue weighted by molar-refractivity contribution is 5.27. The first kappa shape index (κ1) is 13.4. The minimum atomic E-state index is -4.26. The average molecular weight is 257 g/mol. The highest BCUT2D eigenvalue weighted by atomic mass is 19.4. The first-order valence-corrected chi connectivity index (χ1v) is 6.37. The monoisotopic (exact) mass is 257 g/mol. The Morgan fingerprint density at radius 3 is 2.67 bits per heavy atom. The van der Waals surface area contributed by atoms with Gasteiger partial charge in [0.1, 0.15) is 0 Å². The summed E-state index contributed by atoms with van der Waals surface area (Å²) in [5.74, 6) is 0.839. The van der Waals surface area contributed by atoms with Crippen molar-refractivity contribution in [2.45, 2.75) is 38.4 Å². The smallest absolute Gasteiger partial charge is 0.310 e. The first-order valence-electron chi connectivity index (χ1n) is 6.37. The van der Waals surface area contributed by atoms with Gasteiger partial charge in [-0.2, -0.15) is 13.2 Å². The highest BCUT2D eigenvalue weighted by Gasteiger charge is 2.30. The molecular formula is C14H18F3N. The van der Waals surface area contributed by atoms with E-state index in [1.165, 1.54) is 25.0 Å². The number of alkyl halides is 3. The van der Waals surface area contributed by atoms with Crippen LogP contribution in [-0.2, 0) is 6.18 Å². The standard InChI is InChI=1S/C14H18F3N/c1-10(18-8-7-11-5-6-11)12-3-2-4-13(9-12)14(15,16)17/h2-4,9-11,18H,5-8H2,1H3. The minimum absolute atomic E-state index is 0.0361. The largest absolute Gasteiger partial charge is 0.416 e. The number of benzene rings is 1. The van der Waals surface area contributed by atoms with Crippen LogP contribution in [0.4, 0.5) is 13.2 Å². The molecule has 0 bridgehead atoms. The van der Waals surface area contributed by atoms with E-state index in [4.69, 9.17) is 0 Å². The summed E-state index contributed by atoms with van der Waals surface area (Å²) in [5.41, 5.74) is 0.122. The third kappa shape index (κ3) is 3.73. The molecule has 0 heterocycles. The zero-order valence-corrected chi connectivity index (χ0v) is 10.4. The fourth-order valence-electron chi connectivity index (χ4n) is 2.01. The molecule has 1 fully saturated rings. The number of hydrogen-bond acceptors (Lipinski definition) is 1. The van der Waals surface area contributed by atoms with Gasteiger partial charge >= 0.3 is 6.18 Å². The van der Waals surface area contributed by atoms with Gasteiger partial charge in [-0.25, -0.2) is 0 Å². The van der Waals surface area contributed by atoms with Crippen LogP contribution in [0.25, 0.3) is 0 Å². The average Bonchev–Trinajstić information content (AvgIpc) is 3.12. The molecule has 1 unspecified atom stereocenters. The van der Waals surface area contributed by atoms with Gasteiger partial charge in [0.15, 0.2) is 0 Å². The van der Waals surface area contributed by atoms with Crippen molar-refractivity contribution in [3.63, 3.8) is 0 Å². The third-order valence-electron chi connectivity index (χ3n) is 3.41. The van der Waals surface area contributed by atoms with Crippen LogP contribution in [0.1, 0.15) is 43.4 Å². The quantitative estimate of drug-likeness (QED) is 0.835.